The molecule has 0 aromatic carbocycles. The number of hydrogen-bond acceptors (Lipinski definition) is 6. The molecular formula is C11H12N4O2S. The monoisotopic (exact) mass is 264 g/mol. The lowest BCUT2D eigenvalue weighted by atomic mass is 10.1. The standard InChI is InChI=1S/C11H12N4O2S/c1-11(2,10-13-5-6-18-10)14-9-7-8(15(16)17)3-4-12-9/h3-7H,1-2H3,(H,12,14). The van der Waals surface area contributed by atoms with Crippen molar-refractivity contribution in [1.82, 2.24) is 9.97 Å². The molecule has 0 aliphatic carbocycles. The number of rotatable bonds is 4. The van der Waals surface area contributed by atoms with Crippen LogP contribution in [0.4, 0.5) is 11.5 Å². The van der Waals surface area contributed by atoms with Crippen molar-refractivity contribution in [3.05, 3.63) is 45.0 Å². The van der Waals surface area contributed by atoms with E-state index in [1.807, 2.05) is 19.2 Å². The maximum Gasteiger partial charge on any atom is 0.274 e. The molecule has 0 amide bonds. The number of nitro groups is 1. The van der Waals surface area contributed by atoms with Gasteiger partial charge in [0, 0.05) is 23.8 Å². The summed E-state index contributed by atoms with van der Waals surface area (Å²) in [6.45, 7) is 3.90. The van der Waals surface area contributed by atoms with Crippen LogP contribution < -0.4 is 5.32 Å². The topological polar surface area (TPSA) is 81.0 Å². The van der Waals surface area contributed by atoms with E-state index in [0.717, 1.165) is 5.01 Å². The summed E-state index contributed by atoms with van der Waals surface area (Å²) in [7, 11) is 0. The molecule has 0 atom stereocenters. The molecule has 0 spiro atoms. The van der Waals surface area contributed by atoms with E-state index in [2.05, 4.69) is 15.3 Å². The summed E-state index contributed by atoms with van der Waals surface area (Å²) >= 11 is 1.52. The van der Waals surface area contributed by atoms with Gasteiger partial charge < -0.3 is 5.32 Å². The molecule has 0 radical (unpaired) electrons. The van der Waals surface area contributed by atoms with Crippen molar-refractivity contribution in [3.63, 3.8) is 0 Å². The van der Waals surface area contributed by atoms with Gasteiger partial charge in [-0.05, 0) is 13.8 Å². The lowest BCUT2D eigenvalue weighted by Crippen LogP contribution is -2.28. The van der Waals surface area contributed by atoms with Crippen molar-refractivity contribution in [3.8, 4) is 0 Å². The van der Waals surface area contributed by atoms with E-state index in [1.54, 1.807) is 6.20 Å². The van der Waals surface area contributed by atoms with Crippen LogP contribution in [0.2, 0.25) is 0 Å². The van der Waals surface area contributed by atoms with Gasteiger partial charge in [-0.15, -0.1) is 11.3 Å². The maximum atomic E-state index is 10.7. The first-order chi connectivity index (χ1) is 8.49. The van der Waals surface area contributed by atoms with E-state index in [9.17, 15) is 10.1 Å². The molecule has 2 aromatic heterocycles. The van der Waals surface area contributed by atoms with Gasteiger partial charge in [-0.3, -0.25) is 10.1 Å². The second kappa shape index (κ2) is 4.69. The molecule has 2 aromatic rings. The Hall–Kier alpha value is -2.02. The molecule has 0 aliphatic heterocycles. The molecule has 2 heterocycles. The Kier molecular flexibility index (Phi) is 3.24. The fourth-order valence-electron chi connectivity index (χ4n) is 1.51. The summed E-state index contributed by atoms with van der Waals surface area (Å²) < 4.78 is 0. The minimum Gasteiger partial charge on any atom is -0.358 e. The minimum absolute atomic E-state index is 0.0161. The van der Waals surface area contributed by atoms with E-state index in [1.165, 1.54) is 29.7 Å². The van der Waals surface area contributed by atoms with E-state index in [-0.39, 0.29) is 5.69 Å². The Morgan fingerprint density at radius 3 is 2.78 bits per heavy atom. The Labute approximate surface area is 108 Å². The highest BCUT2D eigenvalue weighted by atomic mass is 32.1. The average Bonchev–Trinajstić information content (AvgIpc) is 2.82. The first kappa shape index (κ1) is 12.4. The Morgan fingerprint density at radius 2 is 2.17 bits per heavy atom. The largest absolute Gasteiger partial charge is 0.358 e. The second-order valence-electron chi connectivity index (χ2n) is 4.24. The van der Waals surface area contributed by atoms with Crippen LogP contribution in [0, 0.1) is 10.1 Å². The summed E-state index contributed by atoms with van der Waals surface area (Å²) in [5.74, 6) is 0.462. The number of thiazole rings is 1. The predicted octanol–water partition coefficient (Wildman–Crippen LogP) is 2.79. The van der Waals surface area contributed by atoms with Gasteiger partial charge >= 0.3 is 0 Å². The number of anilines is 1. The van der Waals surface area contributed by atoms with Gasteiger partial charge in [-0.25, -0.2) is 9.97 Å². The second-order valence-corrected chi connectivity index (χ2v) is 5.14. The van der Waals surface area contributed by atoms with Crippen LogP contribution in [0.1, 0.15) is 18.9 Å². The van der Waals surface area contributed by atoms with E-state index >= 15 is 0 Å². The van der Waals surface area contributed by atoms with E-state index < -0.39 is 10.5 Å². The van der Waals surface area contributed by atoms with Crippen molar-refractivity contribution >= 4 is 22.8 Å². The van der Waals surface area contributed by atoms with Gasteiger partial charge in [0.25, 0.3) is 5.69 Å². The van der Waals surface area contributed by atoms with Crippen LogP contribution in [-0.4, -0.2) is 14.9 Å². The average molecular weight is 264 g/mol. The quantitative estimate of drug-likeness (QED) is 0.678. The predicted molar refractivity (Wildman–Crippen MR) is 69.7 cm³/mol. The Morgan fingerprint density at radius 1 is 1.39 bits per heavy atom. The zero-order chi connectivity index (χ0) is 13.2. The van der Waals surface area contributed by atoms with Gasteiger partial charge in [0.05, 0.1) is 16.5 Å². The maximum absolute atomic E-state index is 10.7. The number of nitrogens with one attached hydrogen (secondary N) is 1. The van der Waals surface area contributed by atoms with E-state index in [4.69, 9.17) is 0 Å². The highest BCUT2D eigenvalue weighted by molar-refractivity contribution is 7.09. The molecule has 0 fully saturated rings. The number of hydrogen-bond donors (Lipinski definition) is 1. The molecule has 0 aliphatic rings. The lowest BCUT2D eigenvalue weighted by Gasteiger charge is -2.24. The number of aromatic nitrogens is 2. The fraction of sp³-hybridized carbons (Fsp3) is 0.273. The van der Waals surface area contributed by atoms with Gasteiger partial charge in [0.2, 0.25) is 0 Å². The van der Waals surface area contributed by atoms with Gasteiger partial charge in [-0.1, -0.05) is 0 Å². The van der Waals surface area contributed by atoms with Crippen molar-refractivity contribution in [2.75, 3.05) is 5.32 Å². The van der Waals surface area contributed by atoms with E-state index in [0.29, 0.717) is 5.82 Å². The Bertz CT molecular complexity index is 554. The molecule has 0 bridgehead atoms. The summed E-state index contributed by atoms with van der Waals surface area (Å²) in [5, 5.41) is 16.6. The molecule has 6 nitrogen and oxygen atoms in total. The molecule has 18 heavy (non-hydrogen) atoms. The van der Waals surface area contributed by atoms with Crippen molar-refractivity contribution in [1.29, 1.82) is 0 Å². The highest BCUT2D eigenvalue weighted by Crippen LogP contribution is 2.27. The Balaban J connectivity index is 2.24. The first-order valence-electron chi connectivity index (χ1n) is 5.27. The highest BCUT2D eigenvalue weighted by Gasteiger charge is 2.24. The van der Waals surface area contributed by atoms with Crippen LogP contribution >= 0.6 is 11.3 Å². The third-order valence-corrected chi connectivity index (χ3v) is 3.46. The number of nitrogens with zero attached hydrogens (tertiary/aromatic N) is 3. The molecule has 0 saturated carbocycles. The number of pyridine rings is 1. The fourth-order valence-corrected chi connectivity index (χ4v) is 2.23. The first-order valence-corrected chi connectivity index (χ1v) is 6.15. The SMILES string of the molecule is CC(C)(Nc1cc([N+](=O)[O-])ccn1)c1nccs1. The van der Waals surface area contributed by atoms with Crippen LogP contribution in [0.5, 0.6) is 0 Å². The zero-order valence-electron chi connectivity index (χ0n) is 9.95. The normalized spacial score (nSPS) is 11.2. The summed E-state index contributed by atoms with van der Waals surface area (Å²) in [5.41, 5.74) is -0.404. The van der Waals surface area contributed by atoms with Crippen LogP contribution in [0.3, 0.4) is 0 Å². The van der Waals surface area contributed by atoms with Gasteiger partial charge in [0.15, 0.2) is 0 Å². The summed E-state index contributed by atoms with van der Waals surface area (Å²) in [6.07, 6.45) is 3.14. The van der Waals surface area contributed by atoms with Gasteiger partial charge in [-0.2, -0.15) is 0 Å². The van der Waals surface area contributed by atoms with Gasteiger partial charge in [0.1, 0.15) is 10.8 Å². The zero-order valence-corrected chi connectivity index (χ0v) is 10.8. The van der Waals surface area contributed by atoms with Crippen molar-refractivity contribution in [2.24, 2.45) is 0 Å². The molecule has 94 valence electrons. The van der Waals surface area contributed by atoms with Crippen molar-refractivity contribution in [2.45, 2.75) is 19.4 Å². The van der Waals surface area contributed by atoms with Crippen molar-refractivity contribution < 1.29 is 4.92 Å². The molecule has 0 saturated heterocycles. The molecule has 7 heteroatoms. The third kappa shape index (κ3) is 2.62. The van der Waals surface area contributed by atoms with Crippen LogP contribution in [0.15, 0.2) is 29.9 Å². The summed E-state index contributed by atoms with van der Waals surface area (Å²) in [6, 6.07) is 2.77. The third-order valence-electron chi connectivity index (χ3n) is 2.36. The molecule has 0 unspecified atom stereocenters. The molecular weight excluding hydrogens is 252 g/mol. The molecule has 1 N–H and O–H groups in total. The minimum atomic E-state index is -0.441. The van der Waals surface area contributed by atoms with Crippen LogP contribution in [0.25, 0.3) is 0 Å². The molecule has 2 rings (SSSR count). The summed E-state index contributed by atoms with van der Waals surface area (Å²) in [4.78, 5) is 18.6. The van der Waals surface area contributed by atoms with Crippen LogP contribution in [-0.2, 0) is 5.54 Å². The lowest BCUT2D eigenvalue weighted by molar-refractivity contribution is -0.384. The smallest absolute Gasteiger partial charge is 0.274 e.